The molecule has 0 saturated carbocycles. The quantitative estimate of drug-likeness (QED) is 0.456. The minimum absolute atomic E-state index is 0.106. The number of pyridine rings is 1. The maximum Gasteiger partial charge on any atom is 0.416 e. The van der Waals surface area contributed by atoms with E-state index in [-0.39, 0.29) is 5.56 Å². The van der Waals surface area contributed by atoms with E-state index in [9.17, 15) is 18.0 Å². The van der Waals surface area contributed by atoms with Crippen LogP contribution in [0.4, 0.5) is 24.0 Å². The lowest BCUT2D eigenvalue weighted by molar-refractivity contribution is -0.137. The van der Waals surface area contributed by atoms with Gasteiger partial charge in [0.25, 0.3) is 5.91 Å². The largest absolute Gasteiger partial charge is 0.439 e. The molecular formula is C20H13F3N4O2S. The lowest BCUT2D eigenvalue weighted by Gasteiger charge is -2.10. The number of nitrogens with two attached hydrogens (primary N) is 1. The van der Waals surface area contributed by atoms with Crippen molar-refractivity contribution < 1.29 is 22.7 Å². The van der Waals surface area contributed by atoms with Gasteiger partial charge in [-0.3, -0.25) is 4.79 Å². The SMILES string of the molecule is Nc1nc2ccc(Oc3cccc(NC(=O)c4cccc(C(F)(F)F)c4)c3)nc2s1. The number of fused-ring (bicyclic) bond motifs is 1. The standard InChI is InChI=1S/C20H13F3N4O2S/c21-20(22,23)12-4-1-3-11(9-12)17(28)25-13-5-2-6-14(10-13)29-16-8-7-15-18(27-16)30-19(24)26-15/h1-10H,(H2,24,26)(H,25,28). The Morgan fingerprint density at radius 2 is 1.83 bits per heavy atom. The summed E-state index contributed by atoms with van der Waals surface area (Å²) in [6.07, 6.45) is -4.53. The Morgan fingerprint density at radius 1 is 1.03 bits per heavy atom. The van der Waals surface area contributed by atoms with Gasteiger partial charge in [0.1, 0.15) is 16.1 Å². The molecule has 3 N–H and O–H groups in total. The first-order valence-electron chi connectivity index (χ1n) is 8.57. The number of nitrogens with one attached hydrogen (secondary N) is 1. The minimum Gasteiger partial charge on any atom is -0.439 e. The van der Waals surface area contributed by atoms with E-state index in [4.69, 9.17) is 10.5 Å². The molecule has 2 aromatic heterocycles. The summed E-state index contributed by atoms with van der Waals surface area (Å²) in [5.41, 5.74) is 5.69. The summed E-state index contributed by atoms with van der Waals surface area (Å²) in [6, 6.07) is 14.0. The van der Waals surface area contributed by atoms with Gasteiger partial charge in [-0.05, 0) is 36.4 Å². The molecule has 2 heterocycles. The molecule has 0 bridgehead atoms. The molecule has 30 heavy (non-hydrogen) atoms. The fraction of sp³-hybridized carbons (Fsp3) is 0.0500. The van der Waals surface area contributed by atoms with Crippen LogP contribution in [-0.2, 0) is 6.18 Å². The third kappa shape index (κ3) is 4.33. The van der Waals surface area contributed by atoms with Gasteiger partial charge in [0.15, 0.2) is 5.13 Å². The number of nitrogens with zero attached hydrogens (tertiary/aromatic N) is 2. The highest BCUT2D eigenvalue weighted by Crippen LogP contribution is 2.30. The van der Waals surface area contributed by atoms with Crippen molar-refractivity contribution in [2.75, 3.05) is 11.1 Å². The Labute approximate surface area is 172 Å². The zero-order chi connectivity index (χ0) is 21.3. The van der Waals surface area contributed by atoms with Crippen LogP contribution in [0.1, 0.15) is 15.9 Å². The highest BCUT2D eigenvalue weighted by Gasteiger charge is 2.30. The Balaban J connectivity index is 1.51. The summed E-state index contributed by atoms with van der Waals surface area (Å²) < 4.78 is 44.3. The normalized spacial score (nSPS) is 11.4. The van der Waals surface area contributed by atoms with Gasteiger partial charge < -0.3 is 15.8 Å². The summed E-state index contributed by atoms with van der Waals surface area (Å²) in [5, 5.41) is 2.96. The zero-order valence-corrected chi connectivity index (χ0v) is 15.9. The maximum absolute atomic E-state index is 12.9. The number of nitrogen functional groups attached to an aromatic ring is 1. The topological polar surface area (TPSA) is 90.1 Å². The number of benzene rings is 2. The third-order valence-corrected chi connectivity index (χ3v) is 4.81. The van der Waals surface area contributed by atoms with Crippen molar-refractivity contribution in [3.05, 3.63) is 71.8 Å². The van der Waals surface area contributed by atoms with Crippen LogP contribution < -0.4 is 15.8 Å². The molecule has 0 aliphatic rings. The number of thiazole rings is 1. The fourth-order valence-corrected chi connectivity index (χ4v) is 3.37. The second kappa shape index (κ2) is 7.64. The molecule has 4 rings (SSSR count). The molecule has 0 fully saturated rings. The van der Waals surface area contributed by atoms with Gasteiger partial charge in [-0.15, -0.1) is 0 Å². The van der Waals surface area contributed by atoms with Crippen LogP contribution in [0.25, 0.3) is 10.3 Å². The number of carbonyl (C=O) groups is 1. The lowest BCUT2D eigenvalue weighted by Crippen LogP contribution is -2.13. The van der Waals surface area contributed by atoms with Crippen molar-refractivity contribution in [1.82, 2.24) is 9.97 Å². The number of amides is 1. The number of hydrogen-bond acceptors (Lipinski definition) is 6. The van der Waals surface area contributed by atoms with Crippen molar-refractivity contribution in [3.63, 3.8) is 0 Å². The summed E-state index contributed by atoms with van der Waals surface area (Å²) in [6.45, 7) is 0. The molecule has 0 unspecified atom stereocenters. The number of carbonyl (C=O) groups excluding carboxylic acids is 1. The van der Waals surface area contributed by atoms with Crippen molar-refractivity contribution in [1.29, 1.82) is 0 Å². The Bertz CT molecular complexity index is 1240. The number of halogens is 3. The van der Waals surface area contributed by atoms with E-state index in [1.165, 1.54) is 23.5 Å². The molecule has 10 heteroatoms. The Hall–Kier alpha value is -3.66. The first-order valence-corrected chi connectivity index (χ1v) is 9.39. The number of anilines is 2. The summed E-state index contributed by atoms with van der Waals surface area (Å²) in [7, 11) is 0. The van der Waals surface area contributed by atoms with Gasteiger partial charge in [-0.25, -0.2) is 9.97 Å². The number of rotatable bonds is 4. The molecule has 0 spiro atoms. The first-order chi connectivity index (χ1) is 14.3. The molecule has 0 aliphatic heterocycles. The van der Waals surface area contributed by atoms with E-state index in [0.29, 0.717) is 32.8 Å². The predicted molar refractivity (Wildman–Crippen MR) is 108 cm³/mol. The predicted octanol–water partition coefficient (Wildman–Crippen LogP) is 5.34. The Morgan fingerprint density at radius 3 is 2.63 bits per heavy atom. The van der Waals surface area contributed by atoms with E-state index in [1.54, 1.807) is 36.4 Å². The van der Waals surface area contributed by atoms with Crippen molar-refractivity contribution >= 4 is 38.4 Å². The van der Waals surface area contributed by atoms with Crippen LogP contribution in [0.2, 0.25) is 0 Å². The van der Waals surface area contributed by atoms with Crippen LogP contribution in [-0.4, -0.2) is 15.9 Å². The monoisotopic (exact) mass is 430 g/mol. The van der Waals surface area contributed by atoms with E-state index >= 15 is 0 Å². The molecule has 4 aromatic rings. The lowest BCUT2D eigenvalue weighted by atomic mass is 10.1. The maximum atomic E-state index is 12.9. The van der Waals surface area contributed by atoms with Crippen molar-refractivity contribution in [2.24, 2.45) is 0 Å². The highest BCUT2D eigenvalue weighted by atomic mass is 32.1. The van der Waals surface area contributed by atoms with E-state index in [2.05, 4.69) is 15.3 Å². The zero-order valence-electron chi connectivity index (χ0n) is 15.1. The van der Waals surface area contributed by atoms with E-state index in [0.717, 1.165) is 12.1 Å². The fourth-order valence-electron chi connectivity index (χ4n) is 2.67. The second-order valence-electron chi connectivity index (χ2n) is 6.19. The highest BCUT2D eigenvalue weighted by molar-refractivity contribution is 7.21. The van der Waals surface area contributed by atoms with Gasteiger partial charge in [0, 0.05) is 23.4 Å². The average Bonchev–Trinajstić information content (AvgIpc) is 3.07. The molecule has 0 saturated heterocycles. The smallest absolute Gasteiger partial charge is 0.416 e. The number of hydrogen-bond donors (Lipinski definition) is 2. The summed E-state index contributed by atoms with van der Waals surface area (Å²) >= 11 is 1.23. The van der Waals surface area contributed by atoms with Crippen molar-refractivity contribution in [2.45, 2.75) is 6.18 Å². The van der Waals surface area contributed by atoms with Crippen LogP contribution in [0.5, 0.6) is 11.6 Å². The summed E-state index contributed by atoms with van der Waals surface area (Å²) in [4.78, 5) is 21.4. The molecule has 0 aliphatic carbocycles. The first kappa shape index (κ1) is 19.6. The van der Waals surface area contributed by atoms with Crippen LogP contribution in [0.3, 0.4) is 0 Å². The van der Waals surface area contributed by atoms with Crippen LogP contribution in [0, 0.1) is 0 Å². The van der Waals surface area contributed by atoms with Crippen molar-refractivity contribution in [3.8, 4) is 11.6 Å². The van der Waals surface area contributed by atoms with Gasteiger partial charge in [-0.2, -0.15) is 13.2 Å². The number of aromatic nitrogens is 2. The van der Waals surface area contributed by atoms with Gasteiger partial charge in [0.2, 0.25) is 5.88 Å². The molecular weight excluding hydrogens is 417 g/mol. The molecule has 0 atom stereocenters. The number of alkyl halides is 3. The summed E-state index contributed by atoms with van der Waals surface area (Å²) in [5.74, 6) is 0.0339. The molecule has 6 nitrogen and oxygen atoms in total. The van der Waals surface area contributed by atoms with Gasteiger partial charge in [-0.1, -0.05) is 23.5 Å². The van der Waals surface area contributed by atoms with Gasteiger partial charge in [0.05, 0.1) is 5.56 Å². The molecule has 152 valence electrons. The molecule has 1 amide bonds. The van der Waals surface area contributed by atoms with E-state index in [1.807, 2.05) is 0 Å². The van der Waals surface area contributed by atoms with E-state index < -0.39 is 17.6 Å². The Kier molecular flexibility index (Phi) is 5.00. The molecule has 2 aromatic carbocycles. The number of ether oxygens (including phenoxy) is 1. The van der Waals surface area contributed by atoms with Crippen LogP contribution >= 0.6 is 11.3 Å². The second-order valence-corrected chi connectivity index (χ2v) is 7.20. The minimum atomic E-state index is -4.53. The average molecular weight is 430 g/mol. The van der Waals surface area contributed by atoms with Crippen LogP contribution in [0.15, 0.2) is 60.7 Å². The molecule has 0 radical (unpaired) electrons. The third-order valence-electron chi connectivity index (χ3n) is 4.01. The van der Waals surface area contributed by atoms with Gasteiger partial charge >= 0.3 is 6.18 Å².